The average molecular weight is 347 g/mol. The van der Waals surface area contributed by atoms with Crippen molar-refractivity contribution in [2.24, 2.45) is 0 Å². The van der Waals surface area contributed by atoms with Crippen LogP contribution in [0.5, 0.6) is 23.3 Å². The number of hydrogen-bond acceptors (Lipinski definition) is 6. The predicted molar refractivity (Wildman–Crippen MR) is 95.3 cm³/mol. The largest absolute Gasteiger partial charge is 0.490 e. The third-order valence-electron chi connectivity index (χ3n) is 3.38. The third-order valence-corrected chi connectivity index (χ3v) is 3.38. The topological polar surface area (TPSA) is 77.3 Å². The molecule has 0 radical (unpaired) electrons. The molecule has 130 valence electrons. The highest BCUT2D eigenvalue weighted by molar-refractivity contribution is 5.34. The lowest BCUT2D eigenvalue weighted by Crippen LogP contribution is -2.09. The summed E-state index contributed by atoms with van der Waals surface area (Å²) < 4.78 is 16.9. The van der Waals surface area contributed by atoms with Crippen molar-refractivity contribution in [2.45, 2.75) is 6.42 Å². The number of ether oxygens (including phenoxy) is 3. The van der Waals surface area contributed by atoms with Crippen molar-refractivity contribution in [3.63, 3.8) is 0 Å². The van der Waals surface area contributed by atoms with Crippen LogP contribution in [0.1, 0.15) is 5.56 Å². The fourth-order valence-corrected chi connectivity index (χ4v) is 2.18. The molecule has 6 heteroatoms. The normalized spacial score (nSPS) is 9.96. The molecule has 3 aromatic rings. The van der Waals surface area contributed by atoms with Gasteiger partial charge in [0, 0.05) is 18.5 Å². The Balaban J connectivity index is 1.46. The molecule has 3 rings (SSSR count). The van der Waals surface area contributed by atoms with Crippen molar-refractivity contribution in [3.05, 3.63) is 72.6 Å². The molecule has 6 nitrogen and oxygen atoms in total. The molecule has 26 heavy (non-hydrogen) atoms. The van der Waals surface area contributed by atoms with Gasteiger partial charge in [0.1, 0.15) is 30.5 Å². The summed E-state index contributed by atoms with van der Waals surface area (Å²) in [5, 5.41) is 8.66. The number of aromatic nitrogens is 2. The standard InChI is InChI=1S/C20H17N3O3/c21-10-9-16-5-7-17(8-6-16)24-13-14-25-18-3-1-4-19(15-18)26-20-22-11-2-12-23-20/h1-8,11-12,15H,9,13-14H2. The molecule has 0 spiro atoms. The zero-order valence-corrected chi connectivity index (χ0v) is 14.0. The molecular formula is C20H17N3O3. The summed E-state index contributed by atoms with van der Waals surface area (Å²) >= 11 is 0. The summed E-state index contributed by atoms with van der Waals surface area (Å²) in [5.74, 6) is 2.02. The fourth-order valence-electron chi connectivity index (χ4n) is 2.18. The first-order valence-electron chi connectivity index (χ1n) is 8.10. The van der Waals surface area contributed by atoms with Gasteiger partial charge in [-0.1, -0.05) is 18.2 Å². The van der Waals surface area contributed by atoms with Crippen molar-refractivity contribution in [2.75, 3.05) is 13.2 Å². The first-order valence-corrected chi connectivity index (χ1v) is 8.10. The Morgan fingerprint density at radius 2 is 1.50 bits per heavy atom. The van der Waals surface area contributed by atoms with Crippen LogP contribution in [-0.4, -0.2) is 23.2 Å². The second kappa shape index (κ2) is 9.04. The Kier molecular flexibility index (Phi) is 5.99. The number of rotatable bonds is 8. The molecule has 0 saturated carbocycles. The van der Waals surface area contributed by atoms with Crippen LogP contribution in [0.15, 0.2) is 67.0 Å². The van der Waals surface area contributed by atoms with Gasteiger partial charge in [0.15, 0.2) is 0 Å². The van der Waals surface area contributed by atoms with Crippen molar-refractivity contribution in [1.29, 1.82) is 5.26 Å². The first kappa shape index (κ1) is 17.2. The van der Waals surface area contributed by atoms with E-state index in [1.165, 1.54) is 0 Å². The predicted octanol–water partition coefficient (Wildman–Crippen LogP) is 3.79. The summed E-state index contributed by atoms with van der Waals surface area (Å²) in [7, 11) is 0. The van der Waals surface area contributed by atoms with Gasteiger partial charge in [0.2, 0.25) is 0 Å². The summed E-state index contributed by atoms with van der Waals surface area (Å²) in [6, 6.07) is 18.8. The van der Waals surface area contributed by atoms with Crippen LogP contribution in [0.2, 0.25) is 0 Å². The van der Waals surface area contributed by atoms with Gasteiger partial charge in [-0.15, -0.1) is 0 Å². The molecule has 0 aliphatic rings. The number of hydrogen-bond donors (Lipinski definition) is 0. The fraction of sp³-hybridized carbons (Fsp3) is 0.150. The molecule has 1 aromatic heterocycles. The SMILES string of the molecule is N#CCc1ccc(OCCOc2cccc(Oc3ncccn3)c2)cc1. The van der Waals surface area contributed by atoms with E-state index in [9.17, 15) is 0 Å². The summed E-state index contributed by atoms with van der Waals surface area (Å²) in [5.41, 5.74) is 0.968. The van der Waals surface area contributed by atoms with Crippen molar-refractivity contribution in [3.8, 4) is 29.3 Å². The van der Waals surface area contributed by atoms with Crippen molar-refractivity contribution >= 4 is 0 Å². The minimum Gasteiger partial charge on any atom is -0.490 e. The van der Waals surface area contributed by atoms with Crippen LogP contribution in [0.4, 0.5) is 0 Å². The van der Waals surface area contributed by atoms with E-state index in [0.717, 1.165) is 11.3 Å². The maximum Gasteiger partial charge on any atom is 0.321 e. The highest BCUT2D eigenvalue weighted by Gasteiger charge is 2.02. The van der Waals surface area contributed by atoms with Crippen LogP contribution in [0, 0.1) is 11.3 Å². The van der Waals surface area contributed by atoms with E-state index in [4.69, 9.17) is 19.5 Å². The smallest absolute Gasteiger partial charge is 0.321 e. The van der Waals surface area contributed by atoms with E-state index in [1.807, 2.05) is 42.5 Å². The van der Waals surface area contributed by atoms with E-state index in [1.54, 1.807) is 24.5 Å². The molecule has 0 fully saturated rings. The lowest BCUT2D eigenvalue weighted by atomic mass is 10.2. The van der Waals surface area contributed by atoms with Gasteiger partial charge < -0.3 is 14.2 Å². The third kappa shape index (κ3) is 5.21. The molecule has 0 aliphatic carbocycles. The van der Waals surface area contributed by atoms with E-state index in [2.05, 4.69) is 16.0 Å². The molecule has 0 saturated heterocycles. The maximum absolute atomic E-state index is 8.66. The molecular weight excluding hydrogens is 330 g/mol. The zero-order chi connectivity index (χ0) is 18.0. The summed E-state index contributed by atoms with van der Waals surface area (Å²) in [4.78, 5) is 8.04. The monoisotopic (exact) mass is 347 g/mol. The highest BCUT2D eigenvalue weighted by Crippen LogP contribution is 2.22. The van der Waals surface area contributed by atoms with E-state index in [0.29, 0.717) is 31.1 Å². The Labute approximate surface area is 151 Å². The van der Waals surface area contributed by atoms with Crippen LogP contribution >= 0.6 is 0 Å². The number of nitrogens with zero attached hydrogens (tertiary/aromatic N) is 3. The maximum atomic E-state index is 8.66. The minimum atomic E-state index is 0.285. The highest BCUT2D eigenvalue weighted by atomic mass is 16.5. The van der Waals surface area contributed by atoms with Gasteiger partial charge in [-0.25, -0.2) is 9.97 Å². The number of nitriles is 1. The van der Waals surface area contributed by atoms with Crippen LogP contribution in [0.25, 0.3) is 0 Å². The molecule has 2 aromatic carbocycles. The Morgan fingerprint density at radius 3 is 2.23 bits per heavy atom. The summed E-state index contributed by atoms with van der Waals surface area (Å²) in [6.07, 6.45) is 3.63. The lowest BCUT2D eigenvalue weighted by Gasteiger charge is -2.10. The quantitative estimate of drug-likeness (QED) is 0.577. The van der Waals surface area contributed by atoms with E-state index >= 15 is 0 Å². The van der Waals surface area contributed by atoms with Gasteiger partial charge in [0.05, 0.1) is 12.5 Å². The number of benzene rings is 2. The first-order chi connectivity index (χ1) is 12.8. The van der Waals surface area contributed by atoms with Gasteiger partial charge in [-0.2, -0.15) is 5.26 Å². The van der Waals surface area contributed by atoms with Gasteiger partial charge in [0.25, 0.3) is 0 Å². The molecule has 0 unspecified atom stereocenters. The second-order valence-electron chi connectivity index (χ2n) is 5.28. The second-order valence-corrected chi connectivity index (χ2v) is 5.28. The van der Waals surface area contributed by atoms with E-state index in [-0.39, 0.29) is 6.01 Å². The van der Waals surface area contributed by atoms with E-state index < -0.39 is 0 Å². The summed E-state index contributed by atoms with van der Waals surface area (Å²) in [6.45, 7) is 0.801. The molecule has 0 amide bonds. The Bertz CT molecular complexity index is 861. The van der Waals surface area contributed by atoms with Crippen LogP contribution in [-0.2, 0) is 6.42 Å². The molecule has 0 atom stereocenters. The van der Waals surface area contributed by atoms with Gasteiger partial charge in [-0.05, 0) is 35.9 Å². The average Bonchev–Trinajstić information content (AvgIpc) is 2.68. The zero-order valence-electron chi connectivity index (χ0n) is 14.0. The minimum absolute atomic E-state index is 0.285. The Morgan fingerprint density at radius 1 is 0.808 bits per heavy atom. The van der Waals surface area contributed by atoms with Crippen LogP contribution < -0.4 is 14.2 Å². The molecule has 0 aliphatic heterocycles. The Hall–Kier alpha value is -3.59. The lowest BCUT2D eigenvalue weighted by molar-refractivity contribution is 0.216. The van der Waals surface area contributed by atoms with Crippen molar-refractivity contribution < 1.29 is 14.2 Å². The van der Waals surface area contributed by atoms with Crippen molar-refractivity contribution in [1.82, 2.24) is 9.97 Å². The molecule has 0 bridgehead atoms. The molecule has 1 heterocycles. The van der Waals surface area contributed by atoms with Crippen LogP contribution in [0.3, 0.4) is 0 Å². The van der Waals surface area contributed by atoms with Gasteiger partial charge in [-0.3, -0.25) is 0 Å². The van der Waals surface area contributed by atoms with Gasteiger partial charge >= 0.3 is 6.01 Å². The molecule has 0 N–H and O–H groups in total.